The topological polar surface area (TPSA) is 50.1 Å². The van der Waals surface area contributed by atoms with E-state index in [9.17, 15) is 9.50 Å². The van der Waals surface area contributed by atoms with E-state index in [0.29, 0.717) is 18.7 Å². The number of hydrogen-bond acceptors (Lipinski definition) is 3. The van der Waals surface area contributed by atoms with Crippen molar-refractivity contribution in [3.8, 4) is 0 Å². The molecule has 96 valence electrons. The minimum absolute atomic E-state index is 0.297. The third-order valence-electron chi connectivity index (χ3n) is 2.82. The van der Waals surface area contributed by atoms with Crippen LogP contribution >= 0.6 is 0 Å². The summed E-state index contributed by atoms with van der Waals surface area (Å²) in [6.07, 6.45) is 1.09. The summed E-state index contributed by atoms with van der Waals surface area (Å²) in [5.41, 5.74) is 1.75. The molecule has 0 amide bonds. The summed E-state index contributed by atoms with van der Waals surface area (Å²) < 4.78 is 14.5. The molecule has 18 heavy (non-hydrogen) atoms. The monoisotopic (exact) mass is 249 g/mol. The van der Waals surface area contributed by atoms with Crippen molar-refractivity contribution in [1.29, 1.82) is 0 Å². The fourth-order valence-corrected chi connectivity index (χ4v) is 1.71. The first-order chi connectivity index (χ1) is 8.66. The Morgan fingerprint density at radius 3 is 2.67 bits per heavy atom. The van der Waals surface area contributed by atoms with Crippen molar-refractivity contribution in [2.75, 3.05) is 6.54 Å². The first kappa shape index (κ1) is 12.7. The van der Waals surface area contributed by atoms with Crippen LogP contribution in [0.25, 0.3) is 0 Å². The lowest BCUT2D eigenvalue weighted by molar-refractivity contribution is 0.174. The van der Waals surface area contributed by atoms with Gasteiger partial charge in [-0.1, -0.05) is 12.1 Å². The molecular weight excluding hydrogens is 233 g/mol. The van der Waals surface area contributed by atoms with Gasteiger partial charge in [0.15, 0.2) is 0 Å². The predicted octanol–water partition coefficient (Wildman–Crippen LogP) is 1.38. The molecule has 1 aromatic carbocycles. The minimum Gasteiger partial charge on any atom is -0.387 e. The number of aliphatic hydroxyl groups excluding tert-OH is 1. The molecule has 1 unspecified atom stereocenters. The number of rotatable bonds is 5. The first-order valence-corrected chi connectivity index (χ1v) is 5.78. The molecule has 1 atom stereocenters. The Balaban J connectivity index is 1.83. The summed E-state index contributed by atoms with van der Waals surface area (Å²) in [7, 11) is 1.87. The number of aryl methyl sites for hydroxylation is 1. The van der Waals surface area contributed by atoms with Crippen molar-refractivity contribution in [3.63, 3.8) is 0 Å². The summed E-state index contributed by atoms with van der Waals surface area (Å²) in [4.78, 5) is 0. The Morgan fingerprint density at radius 2 is 2.06 bits per heavy atom. The van der Waals surface area contributed by atoms with E-state index >= 15 is 0 Å². The van der Waals surface area contributed by atoms with Gasteiger partial charge in [-0.15, -0.1) is 0 Å². The van der Waals surface area contributed by atoms with E-state index in [1.807, 2.05) is 13.1 Å². The van der Waals surface area contributed by atoms with E-state index in [4.69, 9.17) is 0 Å². The van der Waals surface area contributed by atoms with Gasteiger partial charge in [0.2, 0.25) is 0 Å². The number of aromatic nitrogens is 2. The van der Waals surface area contributed by atoms with Gasteiger partial charge in [0.05, 0.1) is 11.8 Å². The van der Waals surface area contributed by atoms with Gasteiger partial charge in [0, 0.05) is 26.3 Å². The number of nitrogens with zero attached hydrogens (tertiary/aromatic N) is 2. The molecule has 2 aromatic rings. The minimum atomic E-state index is -0.640. The maximum absolute atomic E-state index is 12.7. The second-order valence-corrected chi connectivity index (χ2v) is 4.14. The summed E-state index contributed by atoms with van der Waals surface area (Å²) in [5.74, 6) is -0.297. The van der Waals surface area contributed by atoms with Crippen LogP contribution in [0.3, 0.4) is 0 Å². The summed E-state index contributed by atoms with van der Waals surface area (Å²) in [6, 6.07) is 7.79. The Labute approximate surface area is 105 Å². The lowest BCUT2D eigenvalue weighted by atomic mass is 10.1. The van der Waals surface area contributed by atoms with E-state index in [-0.39, 0.29) is 5.82 Å². The Hall–Kier alpha value is -1.72. The molecule has 0 saturated carbocycles. The fourth-order valence-electron chi connectivity index (χ4n) is 1.71. The molecule has 1 heterocycles. The highest BCUT2D eigenvalue weighted by molar-refractivity contribution is 5.18. The van der Waals surface area contributed by atoms with Crippen molar-refractivity contribution in [2.45, 2.75) is 12.6 Å². The lowest BCUT2D eigenvalue weighted by Gasteiger charge is -2.12. The molecule has 5 heteroatoms. The molecule has 0 fully saturated rings. The SMILES string of the molecule is Cn1nccc1CNCC(O)c1ccc(F)cc1. The van der Waals surface area contributed by atoms with Crippen molar-refractivity contribution in [2.24, 2.45) is 7.05 Å². The van der Waals surface area contributed by atoms with Crippen LogP contribution in [0.5, 0.6) is 0 Å². The van der Waals surface area contributed by atoms with Gasteiger partial charge in [0.1, 0.15) is 5.82 Å². The molecule has 0 spiro atoms. The number of benzene rings is 1. The van der Waals surface area contributed by atoms with E-state index < -0.39 is 6.10 Å². The van der Waals surface area contributed by atoms with Gasteiger partial charge in [-0.3, -0.25) is 4.68 Å². The molecular formula is C13H16FN3O. The van der Waals surface area contributed by atoms with Crippen LogP contribution in [0, 0.1) is 5.82 Å². The van der Waals surface area contributed by atoms with E-state index in [1.165, 1.54) is 12.1 Å². The third kappa shape index (κ3) is 3.15. The molecule has 0 aliphatic rings. The molecule has 4 nitrogen and oxygen atoms in total. The quantitative estimate of drug-likeness (QED) is 0.841. The highest BCUT2D eigenvalue weighted by atomic mass is 19.1. The van der Waals surface area contributed by atoms with Crippen LogP contribution < -0.4 is 5.32 Å². The zero-order valence-electron chi connectivity index (χ0n) is 10.2. The average molecular weight is 249 g/mol. The van der Waals surface area contributed by atoms with Crippen LogP contribution in [-0.2, 0) is 13.6 Å². The van der Waals surface area contributed by atoms with E-state index in [1.54, 1.807) is 23.0 Å². The number of hydrogen-bond donors (Lipinski definition) is 2. The molecule has 0 aliphatic heterocycles. The standard InChI is InChI=1S/C13H16FN3O/c1-17-12(6-7-16-17)8-15-9-13(18)10-2-4-11(14)5-3-10/h2-7,13,15,18H,8-9H2,1H3. The highest BCUT2D eigenvalue weighted by Crippen LogP contribution is 2.12. The number of nitrogens with one attached hydrogen (secondary N) is 1. The molecule has 2 N–H and O–H groups in total. The highest BCUT2D eigenvalue weighted by Gasteiger charge is 2.07. The van der Waals surface area contributed by atoms with E-state index in [0.717, 1.165) is 5.69 Å². The number of halogens is 1. The average Bonchev–Trinajstić information content (AvgIpc) is 2.76. The van der Waals surface area contributed by atoms with Crippen LogP contribution in [0.15, 0.2) is 36.5 Å². The van der Waals surface area contributed by atoms with Crippen LogP contribution in [-0.4, -0.2) is 21.4 Å². The van der Waals surface area contributed by atoms with Crippen molar-refractivity contribution in [1.82, 2.24) is 15.1 Å². The van der Waals surface area contributed by atoms with Gasteiger partial charge in [-0.25, -0.2) is 4.39 Å². The van der Waals surface area contributed by atoms with Crippen LogP contribution in [0.1, 0.15) is 17.4 Å². The van der Waals surface area contributed by atoms with E-state index in [2.05, 4.69) is 10.4 Å². The summed E-state index contributed by atoms with van der Waals surface area (Å²) in [6.45, 7) is 1.05. The maximum Gasteiger partial charge on any atom is 0.123 e. The zero-order valence-corrected chi connectivity index (χ0v) is 10.2. The zero-order chi connectivity index (χ0) is 13.0. The molecule has 0 radical (unpaired) electrons. The van der Waals surface area contributed by atoms with Crippen LogP contribution in [0.4, 0.5) is 4.39 Å². The Bertz CT molecular complexity index is 495. The first-order valence-electron chi connectivity index (χ1n) is 5.78. The normalized spacial score (nSPS) is 12.6. The molecule has 0 bridgehead atoms. The van der Waals surface area contributed by atoms with Crippen molar-refractivity contribution >= 4 is 0 Å². The smallest absolute Gasteiger partial charge is 0.123 e. The summed E-state index contributed by atoms with van der Waals surface area (Å²) >= 11 is 0. The Kier molecular flexibility index (Phi) is 4.07. The maximum atomic E-state index is 12.7. The Morgan fingerprint density at radius 1 is 1.33 bits per heavy atom. The summed E-state index contributed by atoms with van der Waals surface area (Å²) in [5, 5.41) is 17.1. The van der Waals surface area contributed by atoms with Gasteiger partial charge in [0.25, 0.3) is 0 Å². The predicted molar refractivity (Wildman–Crippen MR) is 66.3 cm³/mol. The number of aliphatic hydroxyl groups is 1. The van der Waals surface area contributed by atoms with Crippen molar-refractivity contribution < 1.29 is 9.50 Å². The van der Waals surface area contributed by atoms with Crippen LogP contribution in [0.2, 0.25) is 0 Å². The second-order valence-electron chi connectivity index (χ2n) is 4.14. The second kappa shape index (κ2) is 5.75. The lowest BCUT2D eigenvalue weighted by Crippen LogP contribution is -2.22. The largest absolute Gasteiger partial charge is 0.387 e. The molecule has 0 saturated heterocycles. The van der Waals surface area contributed by atoms with Gasteiger partial charge in [-0.2, -0.15) is 5.10 Å². The van der Waals surface area contributed by atoms with Gasteiger partial charge < -0.3 is 10.4 Å². The molecule has 2 rings (SSSR count). The van der Waals surface area contributed by atoms with Crippen molar-refractivity contribution in [3.05, 3.63) is 53.6 Å². The van der Waals surface area contributed by atoms with Gasteiger partial charge in [-0.05, 0) is 23.8 Å². The molecule has 0 aliphatic carbocycles. The molecule has 1 aromatic heterocycles. The fraction of sp³-hybridized carbons (Fsp3) is 0.308. The third-order valence-corrected chi connectivity index (χ3v) is 2.82. The van der Waals surface area contributed by atoms with Gasteiger partial charge >= 0.3 is 0 Å².